The Hall–Kier alpha value is -1.69. The fourth-order valence-electron chi connectivity index (χ4n) is 1.52. The predicted molar refractivity (Wildman–Crippen MR) is 73.7 cm³/mol. The summed E-state index contributed by atoms with van der Waals surface area (Å²) in [5.74, 6) is 0.264. The molecule has 0 aliphatic carbocycles. The highest BCUT2D eigenvalue weighted by Gasteiger charge is 2.21. The molecule has 1 unspecified atom stereocenters. The zero-order chi connectivity index (χ0) is 13.7. The first kappa shape index (κ1) is 14.4. The van der Waals surface area contributed by atoms with E-state index in [1.165, 1.54) is 19.5 Å². The molecule has 1 aromatic heterocycles. The van der Waals surface area contributed by atoms with Crippen LogP contribution in [0.15, 0.2) is 18.5 Å². The smallest absolute Gasteiger partial charge is 0.255 e. The zero-order valence-electron chi connectivity index (χ0n) is 10.6. The Kier molecular flexibility index (Phi) is 5.03. The molecule has 3 N–H and O–H groups in total. The van der Waals surface area contributed by atoms with Gasteiger partial charge in [0.05, 0.1) is 29.9 Å². The van der Waals surface area contributed by atoms with Gasteiger partial charge in [0.2, 0.25) is 0 Å². The zero-order valence-corrected chi connectivity index (χ0v) is 11.5. The first-order valence-electron chi connectivity index (χ1n) is 5.55. The van der Waals surface area contributed by atoms with Crippen LogP contribution in [-0.2, 0) is 0 Å². The van der Waals surface area contributed by atoms with Crippen molar-refractivity contribution >= 4 is 23.1 Å². The number of rotatable bonds is 5. The lowest BCUT2D eigenvalue weighted by Crippen LogP contribution is -2.46. The van der Waals surface area contributed by atoms with Crippen LogP contribution in [0.5, 0.6) is 5.75 Å². The van der Waals surface area contributed by atoms with Crippen LogP contribution in [0.2, 0.25) is 0 Å². The van der Waals surface area contributed by atoms with Gasteiger partial charge in [0, 0.05) is 6.20 Å². The molecular weight excluding hydrogens is 250 g/mol. The number of amides is 1. The lowest BCUT2D eigenvalue weighted by Gasteiger charge is -2.21. The first-order valence-corrected chi connectivity index (χ1v) is 5.96. The number of pyridine rings is 1. The highest BCUT2D eigenvalue weighted by Crippen LogP contribution is 2.16. The fourth-order valence-corrected chi connectivity index (χ4v) is 1.85. The van der Waals surface area contributed by atoms with Gasteiger partial charge in [0.15, 0.2) is 0 Å². The first-order chi connectivity index (χ1) is 8.47. The number of nitrogens with two attached hydrogens (primary N) is 1. The number of hydrogen-bond acceptors (Lipinski definition) is 4. The summed E-state index contributed by atoms with van der Waals surface area (Å²) in [5, 5.41) is 2.79. The van der Waals surface area contributed by atoms with E-state index >= 15 is 0 Å². The molecule has 98 valence electrons. The Labute approximate surface area is 112 Å². The van der Waals surface area contributed by atoms with E-state index in [4.69, 9.17) is 22.7 Å². The van der Waals surface area contributed by atoms with Crippen LogP contribution >= 0.6 is 12.2 Å². The van der Waals surface area contributed by atoms with E-state index in [1.54, 1.807) is 6.07 Å². The number of thiocarbonyl (C=S) groups is 1. The van der Waals surface area contributed by atoms with Crippen molar-refractivity contribution in [2.45, 2.75) is 19.9 Å². The average molecular weight is 267 g/mol. The van der Waals surface area contributed by atoms with Crippen molar-refractivity contribution in [2.75, 3.05) is 7.11 Å². The molecule has 1 aromatic rings. The van der Waals surface area contributed by atoms with Crippen molar-refractivity contribution in [2.24, 2.45) is 11.7 Å². The third-order valence-corrected chi connectivity index (χ3v) is 2.76. The highest BCUT2D eigenvalue weighted by atomic mass is 32.1. The molecule has 0 aliphatic rings. The maximum Gasteiger partial charge on any atom is 0.255 e. The van der Waals surface area contributed by atoms with Gasteiger partial charge in [-0.2, -0.15) is 0 Å². The van der Waals surface area contributed by atoms with Crippen LogP contribution in [-0.4, -0.2) is 29.0 Å². The van der Waals surface area contributed by atoms with E-state index in [-0.39, 0.29) is 22.9 Å². The summed E-state index contributed by atoms with van der Waals surface area (Å²) < 4.78 is 5.08. The molecule has 0 aliphatic heterocycles. The van der Waals surface area contributed by atoms with Crippen LogP contribution in [0.3, 0.4) is 0 Å². The Balaban J connectivity index is 2.90. The van der Waals surface area contributed by atoms with Crippen molar-refractivity contribution in [3.63, 3.8) is 0 Å². The van der Waals surface area contributed by atoms with Gasteiger partial charge in [-0.1, -0.05) is 26.1 Å². The molecule has 0 aromatic carbocycles. The third kappa shape index (κ3) is 3.40. The molecule has 0 bridgehead atoms. The van der Waals surface area contributed by atoms with E-state index in [2.05, 4.69) is 10.3 Å². The number of nitrogens with zero attached hydrogens (tertiary/aromatic N) is 1. The summed E-state index contributed by atoms with van der Waals surface area (Å²) in [6, 6.07) is 1.25. The molecule has 0 radical (unpaired) electrons. The van der Waals surface area contributed by atoms with E-state index in [0.29, 0.717) is 11.3 Å². The molecule has 0 fully saturated rings. The fraction of sp³-hybridized carbons (Fsp3) is 0.417. The van der Waals surface area contributed by atoms with Crippen molar-refractivity contribution in [1.29, 1.82) is 0 Å². The topological polar surface area (TPSA) is 77.2 Å². The second-order valence-electron chi connectivity index (χ2n) is 4.17. The molecule has 0 saturated carbocycles. The Morgan fingerprint density at radius 2 is 2.22 bits per heavy atom. The van der Waals surface area contributed by atoms with Crippen LogP contribution in [0.25, 0.3) is 0 Å². The SMILES string of the molecule is COc1cnccc1C(=O)NC(C(N)=S)C(C)C. The summed E-state index contributed by atoms with van der Waals surface area (Å²) in [6.07, 6.45) is 3.02. The molecule has 1 amide bonds. The molecule has 1 rings (SSSR count). The largest absolute Gasteiger partial charge is 0.494 e. The van der Waals surface area contributed by atoms with E-state index in [9.17, 15) is 4.79 Å². The minimum atomic E-state index is -0.342. The van der Waals surface area contributed by atoms with Crippen LogP contribution in [0.1, 0.15) is 24.2 Å². The lowest BCUT2D eigenvalue weighted by atomic mass is 10.0. The van der Waals surface area contributed by atoms with E-state index in [1.807, 2.05) is 13.8 Å². The second-order valence-corrected chi connectivity index (χ2v) is 4.64. The normalized spacial score (nSPS) is 12.0. The number of hydrogen-bond donors (Lipinski definition) is 2. The van der Waals surface area contributed by atoms with Gasteiger partial charge in [-0.05, 0) is 12.0 Å². The molecule has 18 heavy (non-hydrogen) atoms. The average Bonchev–Trinajstić information content (AvgIpc) is 2.34. The quantitative estimate of drug-likeness (QED) is 0.782. The second kappa shape index (κ2) is 6.30. The standard InChI is InChI=1S/C12H17N3O2S/c1-7(2)10(11(13)18)15-12(16)8-4-5-14-6-9(8)17-3/h4-7,10H,1-3H3,(H2,13,18)(H,15,16). The van der Waals surface area contributed by atoms with Crippen molar-refractivity contribution < 1.29 is 9.53 Å². The molecule has 0 saturated heterocycles. The van der Waals surface area contributed by atoms with Gasteiger partial charge >= 0.3 is 0 Å². The minimum absolute atomic E-state index is 0.124. The van der Waals surface area contributed by atoms with Crippen molar-refractivity contribution in [3.05, 3.63) is 24.0 Å². The van der Waals surface area contributed by atoms with E-state index in [0.717, 1.165) is 0 Å². The number of carbonyl (C=O) groups is 1. The summed E-state index contributed by atoms with van der Waals surface area (Å²) in [4.78, 5) is 16.3. The maximum absolute atomic E-state index is 12.1. The van der Waals surface area contributed by atoms with Gasteiger partial charge in [-0.25, -0.2) is 0 Å². The summed E-state index contributed by atoms with van der Waals surface area (Å²) >= 11 is 4.94. The van der Waals surface area contributed by atoms with Gasteiger partial charge in [0.1, 0.15) is 5.75 Å². The number of ether oxygens (including phenoxy) is 1. The van der Waals surface area contributed by atoms with Crippen molar-refractivity contribution in [1.82, 2.24) is 10.3 Å². The Morgan fingerprint density at radius 1 is 1.56 bits per heavy atom. The minimum Gasteiger partial charge on any atom is -0.494 e. The number of nitrogens with one attached hydrogen (secondary N) is 1. The summed E-state index contributed by atoms with van der Waals surface area (Å²) in [6.45, 7) is 3.88. The molecule has 6 heteroatoms. The van der Waals surface area contributed by atoms with Crippen LogP contribution in [0, 0.1) is 5.92 Å². The van der Waals surface area contributed by atoms with Gasteiger partial charge < -0.3 is 15.8 Å². The number of aromatic nitrogens is 1. The molecule has 0 spiro atoms. The summed E-state index contributed by atoms with van der Waals surface area (Å²) in [7, 11) is 1.49. The molecule has 1 atom stereocenters. The monoisotopic (exact) mass is 267 g/mol. The number of methoxy groups -OCH3 is 1. The molecule has 1 heterocycles. The Bertz CT molecular complexity index is 449. The Morgan fingerprint density at radius 3 is 2.72 bits per heavy atom. The van der Waals surface area contributed by atoms with Crippen molar-refractivity contribution in [3.8, 4) is 5.75 Å². The van der Waals surface area contributed by atoms with E-state index < -0.39 is 0 Å². The van der Waals surface area contributed by atoms with Gasteiger partial charge in [-0.3, -0.25) is 9.78 Å². The van der Waals surface area contributed by atoms with Crippen LogP contribution < -0.4 is 15.8 Å². The van der Waals surface area contributed by atoms with Gasteiger partial charge in [0.25, 0.3) is 5.91 Å². The lowest BCUT2D eigenvalue weighted by molar-refractivity contribution is 0.0936. The predicted octanol–water partition coefficient (Wildman–Crippen LogP) is 1.13. The maximum atomic E-state index is 12.1. The number of carbonyl (C=O) groups excluding carboxylic acids is 1. The molecule has 5 nitrogen and oxygen atoms in total. The highest BCUT2D eigenvalue weighted by molar-refractivity contribution is 7.80. The third-order valence-electron chi connectivity index (χ3n) is 2.51. The van der Waals surface area contributed by atoms with Crippen LogP contribution in [0.4, 0.5) is 0 Å². The molecular formula is C12H17N3O2S. The van der Waals surface area contributed by atoms with Gasteiger partial charge in [-0.15, -0.1) is 0 Å². The summed E-state index contributed by atoms with van der Waals surface area (Å²) in [5.41, 5.74) is 6.02.